The fourth-order valence-electron chi connectivity index (χ4n) is 1.86. The highest BCUT2D eigenvalue weighted by Gasteiger charge is 2.17. The lowest BCUT2D eigenvalue weighted by atomic mass is 10.1. The summed E-state index contributed by atoms with van der Waals surface area (Å²) < 4.78 is 28.8. The Morgan fingerprint density at radius 1 is 1.38 bits per heavy atom. The maximum Gasteiger partial charge on any atom is 0.238 e. The van der Waals surface area contributed by atoms with Gasteiger partial charge in [-0.15, -0.1) is 0 Å². The number of nitrogens with one attached hydrogen (secondary N) is 1. The van der Waals surface area contributed by atoms with Crippen LogP contribution in [0.25, 0.3) is 0 Å². The van der Waals surface area contributed by atoms with E-state index in [1.54, 1.807) is 24.5 Å². The Hall–Kier alpha value is -1.39. The van der Waals surface area contributed by atoms with Gasteiger partial charge in [-0.1, -0.05) is 22.6 Å². The average molecular weight is 420 g/mol. The summed E-state index contributed by atoms with van der Waals surface area (Å²) in [6.45, 7) is 0.392. The normalized spacial score (nSPS) is 11.3. The number of anilines is 1. The van der Waals surface area contributed by atoms with Crippen LogP contribution in [0.4, 0.5) is 5.69 Å². The van der Waals surface area contributed by atoms with E-state index in [2.05, 4.69) is 5.32 Å². The molecule has 1 aromatic heterocycles. The van der Waals surface area contributed by atoms with Gasteiger partial charge in [0.1, 0.15) is 5.76 Å². The van der Waals surface area contributed by atoms with E-state index in [0.717, 1.165) is 0 Å². The zero-order valence-electron chi connectivity index (χ0n) is 10.9. The van der Waals surface area contributed by atoms with E-state index in [0.29, 0.717) is 34.3 Å². The molecular formula is C13H13IN2O4S. The molecule has 0 amide bonds. The summed E-state index contributed by atoms with van der Waals surface area (Å²) in [5, 5.41) is 8.23. The molecule has 6 nitrogen and oxygen atoms in total. The molecule has 0 aliphatic rings. The van der Waals surface area contributed by atoms with Gasteiger partial charge < -0.3 is 9.73 Å². The number of sulfonamides is 1. The number of nitrogens with two attached hydrogens (primary N) is 1. The van der Waals surface area contributed by atoms with Crippen molar-refractivity contribution in [1.82, 2.24) is 0 Å². The van der Waals surface area contributed by atoms with Crippen LogP contribution in [0.3, 0.4) is 0 Å². The van der Waals surface area contributed by atoms with Crippen molar-refractivity contribution in [3.05, 3.63) is 47.4 Å². The third kappa shape index (κ3) is 3.83. The molecule has 0 spiro atoms. The summed E-state index contributed by atoms with van der Waals surface area (Å²) in [4.78, 5) is 11.1. The number of halogens is 1. The van der Waals surface area contributed by atoms with Crippen molar-refractivity contribution < 1.29 is 17.6 Å². The highest BCUT2D eigenvalue weighted by Crippen LogP contribution is 2.26. The molecule has 0 bridgehead atoms. The van der Waals surface area contributed by atoms with Gasteiger partial charge in [-0.05, 0) is 29.8 Å². The number of alkyl halides is 1. The molecule has 112 valence electrons. The second kappa shape index (κ2) is 6.58. The van der Waals surface area contributed by atoms with E-state index >= 15 is 0 Å². The fraction of sp³-hybridized carbons (Fsp3) is 0.154. The van der Waals surface area contributed by atoms with Crippen LogP contribution < -0.4 is 10.5 Å². The predicted octanol–water partition coefficient (Wildman–Crippen LogP) is 2.29. The van der Waals surface area contributed by atoms with E-state index in [1.807, 2.05) is 22.6 Å². The van der Waals surface area contributed by atoms with Gasteiger partial charge in [0.15, 0.2) is 6.29 Å². The lowest BCUT2D eigenvalue weighted by Gasteiger charge is -2.12. The van der Waals surface area contributed by atoms with Gasteiger partial charge in [0.05, 0.1) is 17.7 Å². The number of benzene rings is 1. The predicted molar refractivity (Wildman–Crippen MR) is 87.0 cm³/mol. The monoisotopic (exact) mass is 420 g/mol. The van der Waals surface area contributed by atoms with Crippen LogP contribution >= 0.6 is 22.6 Å². The number of furan rings is 1. The van der Waals surface area contributed by atoms with Crippen molar-refractivity contribution in [2.24, 2.45) is 5.14 Å². The van der Waals surface area contributed by atoms with Gasteiger partial charge in [0.25, 0.3) is 0 Å². The summed E-state index contributed by atoms with van der Waals surface area (Å²) in [7, 11) is -3.86. The molecule has 21 heavy (non-hydrogen) atoms. The van der Waals surface area contributed by atoms with Crippen molar-refractivity contribution in [3.63, 3.8) is 0 Å². The van der Waals surface area contributed by atoms with Gasteiger partial charge in [-0.25, -0.2) is 13.6 Å². The van der Waals surface area contributed by atoms with E-state index in [1.165, 1.54) is 6.07 Å². The standard InChI is InChI=1S/C13H13IN2O4S/c14-6-9-4-12(16-7-11-2-1-3-20-11)10(8-17)5-13(9)21(15,18)19/h1-5,8,16H,6-7H2,(H2,15,18,19). The highest BCUT2D eigenvalue weighted by atomic mass is 127. The van der Waals surface area contributed by atoms with E-state index in [-0.39, 0.29) is 10.5 Å². The highest BCUT2D eigenvalue weighted by molar-refractivity contribution is 14.1. The molecule has 0 saturated carbocycles. The molecule has 0 fully saturated rings. The summed E-state index contributed by atoms with van der Waals surface area (Å²) in [6, 6.07) is 6.48. The Morgan fingerprint density at radius 3 is 2.67 bits per heavy atom. The molecule has 2 rings (SSSR count). The van der Waals surface area contributed by atoms with E-state index < -0.39 is 10.0 Å². The number of rotatable bonds is 6. The van der Waals surface area contributed by atoms with Crippen LogP contribution in [0.2, 0.25) is 0 Å². The molecule has 0 radical (unpaired) electrons. The maximum atomic E-state index is 11.6. The number of carbonyl (C=O) groups excluding carboxylic acids is 1. The first-order valence-corrected chi connectivity index (χ1v) is 9.00. The van der Waals surface area contributed by atoms with Crippen molar-refractivity contribution in [1.29, 1.82) is 0 Å². The lowest BCUT2D eigenvalue weighted by molar-refractivity contribution is 0.112. The number of hydrogen-bond acceptors (Lipinski definition) is 5. The van der Waals surface area contributed by atoms with E-state index in [4.69, 9.17) is 9.56 Å². The molecule has 1 heterocycles. The molecule has 0 aliphatic carbocycles. The second-order valence-corrected chi connectivity index (χ2v) is 6.57. The van der Waals surface area contributed by atoms with Crippen molar-refractivity contribution in [2.75, 3.05) is 5.32 Å². The molecule has 2 aromatic rings. The van der Waals surface area contributed by atoms with Gasteiger partial charge in [-0.2, -0.15) is 0 Å². The second-order valence-electron chi connectivity index (χ2n) is 4.28. The summed E-state index contributed by atoms with van der Waals surface area (Å²) in [5.41, 5.74) is 1.32. The zero-order chi connectivity index (χ0) is 15.5. The Morgan fingerprint density at radius 2 is 2.14 bits per heavy atom. The topological polar surface area (TPSA) is 102 Å². The number of carbonyl (C=O) groups is 1. The quantitative estimate of drug-likeness (QED) is 0.424. The van der Waals surface area contributed by atoms with Crippen LogP contribution in [0.15, 0.2) is 39.8 Å². The fourth-order valence-corrected chi connectivity index (χ4v) is 3.53. The Kier molecular flexibility index (Phi) is 5.01. The third-order valence-electron chi connectivity index (χ3n) is 2.84. The van der Waals surface area contributed by atoms with Gasteiger partial charge in [0.2, 0.25) is 10.0 Å². The summed E-state index contributed by atoms with van der Waals surface area (Å²) >= 11 is 2.04. The number of aldehydes is 1. The number of hydrogen-bond donors (Lipinski definition) is 2. The smallest absolute Gasteiger partial charge is 0.238 e. The lowest BCUT2D eigenvalue weighted by Crippen LogP contribution is -2.15. The first kappa shape index (κ1) is 16.0. The van der Waals surface area contributed by atoms with Crippen LogP contribution in [0.5, 0.6) is 0 Å². The SMILES string of the molecule is NS(=O)(=O)c1cc(C=O)c(NCc2ccco2)cc1CI. The first-order chi connectivity index (χ1) is 9.95. The van der Waals surface area contributed by atoms with Crippen LogP contribution in [-0.2, 0) is 21.0 Å². The Balaban J connectivity index is 2.39. The molecule has 8 heteroatoms. The minimum absolute atomic E-state index is 0.0254. The molecule has 0 unspecified atom stereocenters. The minimum atomic E-state index is -3.86. The molecule has 0 aliphatic heterocycles. The Labute approximate surface area is 135 Å². The molecular weight excluding hydrogens is 407 g/mol. The van der Waals surface area contributed by atoms with Crippen LogP contribution in [-0.4, -0.2) is 14.7 Å². The summed E-state index contributed by atoms with van der Waals surface area (Å²) in [6.07, 6.45) is 2.15. The molecule has 0 atom stereocenters. The molecule has 3 N–H and O–H groups in total. The van der Waals surface area contributed by atoms with E-state index in [9.17, 15) is 13.2 Å². The minimum Gasteiger partial charge on any atom is -0.467 e. The zero-order valence-corrected chi connectivity index (χ0v) is 13.8. The largest absolute Gasteiger partial charge is 0.467 e. The van der Waals surface area contributed by atoms with Gasteiger partial charge >= 0.3 is 0 Å². The summed E-state index contributed by atoms with van der Waals surface area (Å²) in [5.74, 6) is 0.707. The van der Waals surface area contributed by atoms with Crippen molar-refractivity contribution in [3.8, 4) is 0 Å². The third-order valence-corrected chi connectivity index (χ3v) is 4.66. The Bertz CT molecular complexity index is 742. The maximum absolute atomic E-state index is 11.6. The van der Waals surface area contributed by atoms with Crippen LogP contribution in [0, 0.1) is 0 Å². The molecule has 1 aromatic carbocycles. The van der Waals surface area contributed by atoms with Gasteiger partial charge in [0, 0.05) is 15.7 Å². The number of primary sulfonamides is 1. The average Bonchev–Trinajstić information content (AvgIpc) is 2.96. The molecule has 0 saturated heterocycles. The van der Waals surface area contributed by atoms with Crippen molar-refractivity contribution >= 4 is 44.6 Å². The van der Waals surface area contributed by atoms with Crippen molar-refractivity contribution in [2.45, 2.75) is 15.9 Å². The first-order valence-electron chi connectivity index (χ1n) is 5.93. The van der Waals surface area contributed by atoms with Gasteiger partial charge in [-0.3, -0.25) is 4.79 Å². The van der Waals surface area contributed by atoms with Crippen LogP contribution in [0.1, 0.15) is 21.7 Å².